The Bertz CT molecular complexity index is 690. The molecule has 0 amide bonds. The maximum atomic E-state index is 11.1. The number of nitrogens with zero attached hydrogens (tertiary/aromatic N) is 1. The van der Waals surface area contributed by atoms with Gasteiger partial charge in [0.15, 0.2) is 0 Å². The summed E-state index contributed by atoms with van der Waals surface area (Å²) in [4.78, 5) is 22.6. The van der Waals surface area contributed by atoms with Crippen LogP contribution in [0, 0.1) is 10.1 Å². The van der Waals surface area contributed by atoms with Crippen LogP contribution < -0.4 is 0 Å². The average molecular weight is 354 g/mol. The summed E-state index contributed by atoms with van der Waals surface area (Å²) in [6, 6.07) is 11.1. The Morgan fingerprint density at radius 1 is 1.25 bits per heavy atom. The van der Waals surface area contributed by atoms with Gasteiger partial charge in [-0.2, -0.15) is 0 Å². The number of carboxylic acids is 1. The Labute approximate surface area is 126 Å². The zero-order chi connectivity index (χ0) is 14.7. The van der Waals surface area contributed by atoms with Crippen LogP contribution in [0.5, 0.6) is 0 Å². The van der Waals surface area contributed by atoms with Crippen molar-refractivity contribution in [3.8, 4) is 0 Å². The van der Waals surface area contributed by atoms with Crippen LogP contribution in [0.1, 0.15) is 10.4 Å². The first-order chi connectivity index (χ1) is 9.49. The normalized spacial score (nSPS) is 10.2. The Hall–Kier alpha value is -1.86. The first-order valence-electron chi connectivity index (χ1n) is 5.43. The van der Waals surface area contributed by atoms with Crippen LogP contribution in [0.25, 0.3) is 0 Å². The van der Waals surface area contributed by atoms with Crippen molar-refractivity contribution in [1.82, 2.24) is 0 Å². The van der Waals surface area contributed by atoms with Gasteiger partial charge in [0.05, 0.1) is 15.4 Å². The van der Waals surface area contributed by atoms with Gasteiger partial charge in [-0.05, 0) is 40.2 Å². The van der Waals surface area contributed by atoms with Crippen molar-refractivity contribution in [2.75, 3.05) is 0 Å². The molecule has 0 saturated heterocycles. The van der Waals surface area contributed by atoms with Gasteiger partial charge >= 0.3 is 5.97 Å². The Kier molecular flexibility index (Phi) is 4.41. The number of hydrogen-bond acceptors (Lipinski definition) is 4. The van der Waals surface area contributed by atoms with Crippen LogP contribution >= 0.6 is 27.7 Å². The lowest BCUT2D eigenvalue weighted by Gasteiger charge is -2.05. The molecule has 0 unspecified atom stereocenters. The molecule has 1 N–H and O–H groups in total. The molecule has 0 aliphatic rings. The van der Waals surface area contributed by atoms with E-state index in [-0.39, 0.29) is 11.3 Å². The van der Waals surface area contributed by atoms with Crippen molar-refractivity contribution in [3.63, 3.8) is 0 Å². The zero-order valence-electron chi connectivity index (χ0n) is 9.95. The molecule has 0 radical (unpaired) electrons. The van der Waals surface area contributed by atoms with Gasteiger partial charge in [0.1, 0.15) is 0 Å². The van der Waals surface area contributed by atoms with E-state index < -0.39 is 10.9 Å². The van der Waals surface area contributed by atoms with Crippen LogP contribution in [0.2, 0.25) is 0 Å². The van der Waals surface area contributed by atoms with Gasteiger partial charge in [-0.3, -0.25) is 10.1 Å². The van der Waals surface area contributed by atoms with Crippen molar-refractivity contribution < 1.29 is 14.8 Å². The van der Waals surface area contributed by atoms with Crippen LogP contribution in [0.3, 0.4) is 0 Å². The smallest absolute Gasteiger partial charge is 0.336 e. The molecule has 0 fully saturated rings. The minimum atomic E-state index is -1.05. The van der Waals surface area contributed by atoms with E-state index in [2.05, 4.69) is 15.9 Å². The summed E-state index contributed by atoms with van der Waals surface area (Å²) in [6.07, 6.45) is 0. The van der Waals surface area contributed by atoms with E-state index in [9.17, 15) is 14.9 Å². The summed E-state index contributed by atoms with van der Waals surface area (Å²) in [6.45, 7) is 0. The fraction of sp³-hybridized carbons (Fsp3) is 0. The maximum Gasteiger partial charge on any atom is 0.336 e. The molecular weight excluding hydrogens is 346 g/mol. The molecular formula is C13H8BrNO4S. The summed E-state index contributed by atoms with van der Waals surface area (Å²) < 4.78 is 0.469. The third-order valence-corrected chi connectivity index (χ3v) is 4.20. The Morgan fingerprint density at radius 3 is 2.60 bits per heavy atom. The third kappa shape index (κ3) is 3.17. The van der Waals surface area contributed by atoms with Gasteiger partial charge in [0, 0.05) is 15.4 Å². The maximum absolute atomic E-state index is 11.1. The highest BCUT2D eigenvalue weighted by atomic mass is 79.9. The highest BCUT2D eigenvalue weighted by Gasteiger charge is 2.15. The predicted octanol–water partition coefficient (Wildman–Crippen LogP) is 4.21. The van der Waals surface area contributed by atoms with Gasteiger partial charge in [-0.1, -0.05) is 23.9 Å². The lowest BCUT2D eigenvalue weighted by molar-refractivity contribution is -0.387. The second-order valence-corrected chi connectivity index (χ2v) is 5.74. The number of carboxylic acid groups (broad SMARTS) is 1. The number of aromatic carboxylic acids is 1. The molecule has 20 heavy (non-hydrogen) atoms. The number of rotatable bonds is 4. The fourth-order valence-electron chi connectivity index (χ4n) is 1.55. The van der Waals surface area contributed by atoms with Crippen LogP contribution in [-0.2, 0) is 0 Å². The number of nitro benzene ring substituents is 1. The van der Waals surface area contributed by atoms with Crippen molar-refractivity contribution >= 4 is 39.3 Å². The minimum absolute atomic E-state index is 0.00251. The molecule has 2 aromatic rings. The molecule has 2 rings (SSSR count). The highest BCUT2D eigenvalue weighted by Crippen LogP contribution is 2.35. The first-order valence-corrected chi connectivity index (χ1v) is 7.04. The largest absolute Gasteiger partial charge is 0.478 e. The molecule has 0 heterocycles. The van der Waals surface area contributed by atoms with Gasteiger partial charge in [0.25, 0.3) is 5.69 Å². The molecule has 5 nitrogen and oxygen atoms in total. The number of benzene rings is 2. The van der Waals surface area contributed by atoms with E-state index in [0.29, 0.717) is 14.3 Å². The SMILES string of the molecule is O=C(O)c1cc(Sc2ccccc2[N+](=O)[O-])ccc1Br. The van der Waals surface area contributed by atoms with Gasteiger partial charge < -0.3 is 5.11 Å². The van der Waals surface area contributed by atoms with Gasteiger partial charge in [0.2, 0.25) is 0 Å². The van der Waals surface area contributed by atoms with Crippen LogP contribution in [0.15, 0.2) is 56.7 Å². The topological polar surface area (TPSA) is 80.4 Å². The predicted molar refractivity (Wildman–Crippen MR) is 78.3 cm³/mol. The quantitative estimate of drug-likeness (QED) is 0.657. The summed E-state index contributed by atoms with van der Waals surface area (Å²) in [5.74, 6) is -1.05. The number of carbonyl (C=O) groups is 1. The lowest BCUT2D eigenvalue weighted by Crippen LogP contribution is -1.97. The molecule has 0 bridgehead atoms. The van der Waals surface area contributed by atoms with Crippen LogP contribution in [0.4, 0.5) is 5.69 Å². The second-order valence-electron chi connectivity index (χ2n) is 3.77. The molecule has 0 aliphatic carbocycles. The molecule has 2 aromatic carbocycles. The molecule has 0 aliphatic heterocycles. The molecule has 7 heteroatoms. The third-order valence-electron chi connectivity index (χ3n) is 2.46. The summed E-state index contributed by atoms with van der Waals surface area (Å²) in [7, 11) is 0. The highest BCUT2D eigenvalue weighted by molar-refractivity contribution is 9.10. The van der Waals surface area contributed by atoms with Crippen molar-refractivity contribution in [2.24, 2.45) is 0 Å². The minimum Gasteiger partial charge on any atom is -0.478 e. The Morgan fingerprint density at radius 2 is 1.95 bits per heavy atom. The summed E-state index contributed by atoms with van der Waals surface area (Å²) in [5, 5.41) is 20.0. The molecule has 102 valence electrons. The van der Waals surface area contributed by atoms with Gasteiger partial charge in [-0.15, -0.1) is 0 Å². The summed E-state index contributed by atoms with van der Waals surface area (Å²) >= 11 is 4.31. The van der Waals surface area contributed by atoms with Crippen LogP contribution in [-0.4, -0.2) is 16.0 Å². The lowest BCUT2D eigenvalue weighted by atomic mass is 10.2. The Balaban J connectivity index is 2.38. The average Bonchev–Trinajstić information content (AvgIpc) is 2.41. The molecule has 0 atom stereocenters. The standard InChI is InChI=1S/C13H8BrNO4S/c14-10-6-5-8(7-9(10)13(16)17)20-12-4-2-1-3-11(12)15(18)19/h1-7H,(H,16,17). The first kappa shape index (κ1) is 14.5. The number of nitro groups is 1. The number of halogens is 1. The van der Waals surface area contributed by atoms with Crippen molar-refractivity contribution in [3.05, 3.63) is 62.6 Å². The molecule has 0 saturated carbocycles. The molecule has 0 spiro atoms. The summed E-state index contributed by atoms with van der Waals surface area (Å²) in [5.41, 5.74) is 0.117. The fourth-order valence-corrected chi connectivity index (χ4v) is 2.93. The van der Waals surface area contributed by atoms with E-state index in [4.69, 9.17) is 5.11 Å². The number of para-hydroxylation sites is 1. The van der Waals surface area contributed by atoms with E-state index in [1.165, 1.54) is 12.1 Å². The second kappa shape index (κ2) is 6.06. The van der Waals surface area contributed by atoms with E-state index >= 15 is 0 Å². The van der Waals surface area contributed by atoms with Gasteiger partial charge in [-0.25, -0.2) is 4.79 Å². The van der Waals surface area contributed by atoms with E-state index in [0.717, 1.165) is 11.8 Å². The number of hydrogen-bond donors (Lipinski definition) is 1. The monoisotopic (exact) mass is 353 g/mol. The van der Waals surface area contributed by atoms with Crippen molar-refractivity contribution in [1.29, 1.82) is 0 Å². The van der Waals surface area contributed by atoms with E-state index in [1.54, 1.807) is 30.3 Å². The molecule has 0 aromatic heterocycles. The van der Waals surface area contributed by atoms with E-state index in [1.807, 2.05) is 0 Å². The van der Waals surface area contributed by atoms with Crippen molar-refractivity contribution in [2.45, 2.75) is 9.79 Å². The zero-order valence-corrected chi connectivity index (χ0v) is 12.3.